The third-order valence-electron chi connectivity index (χ3n) is 7.15. The van der Waals surface area contributed by atoms with E-state index in [0.29, 0.717) is 43.6 Å². The van der Waals surface area contributed by atoms with Crippen molar-refractivity contribution >= 4 is 45.5 Å². The number of nitrogens with zero attached hydrogens (tertiary/aromatic N) is 8. The third-order valence-corrected chi connectivity index (χ3v) is 7.15. The van der Waals surface area contributed by atoms with Gasteiger partial charge in [0.15, 0.2) is 5.69 Å². The van der Waals surface area contributed by atoms with E-state index >= 15 is 0 Å². The van der Waals surface area contributed by atoms with Crippen molar-refractivity contribution in [3.05, 3.63) is 42.5 Å². The van der Waals surface area contributed by atoms with Crippen molar-refractivity contribution in [1.29, 1.82) is 5.26 Å². The highest BCUT2D eigenvalue weighted by Gasteiger charge is 2.25. The molecule has 2 N–H and O–H groups in total. The molecule has 5 heterocycles. The lowest BCUT2D eigenvalue weighted by molar-refractivity contribution is 0.142. The topological polar surface area (TPSA) is 136 Å². The van der Waals surface area contributed by atoms with E-state index in [2.05, 4.69) is 35.8 Å². The van der Waals surface area contributed by atoms with Gasteiger partial charge in [0.2, 0.25) is 5.95 Å². The van der Waals surface area contributed by atoms with E-state index in [1.165, 1.54) is 4.90 Å². The van der Waals surface area contributed by atoms with Crippen LogP contribution in [0.15, 0.2) is 36.8 Å². The number of anilines is 3. The van der Waals surface area contributed by atoms with Crippen molar-refractivity contribution in [3.63, 3.8) is 0 Å². The Bertz CT molecular complexity index is 1480. The summed E-state index contributed by atoms with van der Waals surface area (Å²) in [5, 5.41) is 23.9. The number of rotatable bonds is 4. The van der Waals surface area contributed by atoms with Crippen LogP contribution in [-0.4, -0.2) is 66.8 Å². The Kier molecular flexibility index (Phi) is 5.48. The van der Waals surface area contributed by atoms with Gasteiger partial charge in [0.05, 0.1) is 17.4 Å². The number of piperazine rings is 1. The molecule has 4 aromatic heterocycles. The summed E-state index contributed by atoms with van der Waals surface area (Å²) in [4.78, 5) is 32.9. The summed E-state index contributed by atoms with van der Waals surface area (Å²) >= 11 is 0. The lowest BCUT2D eigenvalue weighted by atomic mass is 10.2. The number of hydrogen-bond donors (Lipinski definition) is 2. The largest absolute Gasteiger partial charge is 0.465 e. The number of amides is 1. The number of aromatic nitrogens is 5. The normalized spacial score (nSPS) is 16.5. The highest BCUT2D eigenvalue weighted by atomic mass is 16.4. The summed E-state index contributed by atoms with van der Waals surface area (Å²) in [7, 11) is 0. The van der Waals surface area contributed by atoms with Gasteiger partial charge in [-0.2, -0.15) is 10.2 Å². The van der Waals surface area contributed by atoms with Crippen LogP contribution >= 0.6 is 0 Å². The van der Waals surface area contributed by atoms with Crippen molar-refractivity contribution in [3.8, 4) is 6.07 Å². The second kappa shape index (κ2) is 8.96. The zero-order chi connectivity index (χ0) is 24.6. The molecule has 182 valence electrons. The van der Waals surface area contributed by atoms with Crippen molar-refractivity contribution in [1.82, 2.24) is 29.4 Å². The fourth-order valence-corrected chi connectivity index (χ4v) is 5.35. The van der Waals surface area contributed by atoms with Crippen LogP contribution in [-0.2, 0) is 0 Å². The average molecular weight is 484 g/mol. The van der Waals surface area contributed by atoms with E-state index < -0.39 is 6.09 Å². The van der Waals surface area contributed by atoms with Gasteiger partial charge in [0.1, 0.15) is 17.5 Å². The molecule has 1 saturated carbocycles. The third kappa shape index (κ3) is 3.80. The molecule has 36 heavy (non-hydrogen) atoms. The highest BCUT2D eigenvalue weighted by Crippen LogP contribution is 2.38. The fraction of sp³-hybridized carbons (Fsp3) is 0.360. The van der Waals surface area contributed by atoms with Gasteiger partial charge in [0, 0.05) is 55.4 Å². The Labute approximate surface area is 207 Å². The lowest BCUT2D eigenvalue weighted by Crippen LogP contribution is -2.48. The van der Waals surface area contributed by atoms with Crippen molar-refractivity contribution in [2.75, 3.05) is 36.4 Å². The minimum atomic E-state index is -0.878. The zero-order valence-corrected chi connectivity index (χ0v) is 19.6. The molecule has 0 atom stereocenters. The van der Waals surface area contributed by atoms with Crippen LogP contribution in [0.4, 0.5) is 22.2 Å². The number of carbonyl (C=O) groups is 1. The molecular formula is C25H25N9O2. The Morgan fingerprint density at radius 2 is 1.83 bits per heavy atom. The van der Waals surface area contributed by atoms with Gasteiger partial charge in [-0.3, -0.25) is 0 Å². The van der Waals surface area contributed by atoms with E-state index in [0.717, 1.165) is 53.3 Å². The molecule has 0 unspecified atom stereocenters. The standard InChI is InChI=1S/C25H25N9O2/c26-13-20-22-18(7-8-27-20)19-15-29-24(31-23(19)34(22)16-3-1-2-4-16)30-21-6-5-17(14-28-21)32-9-11-33(12-10-32)25(35)36/h5-8,14-16H,1-4,9-12H2,(H,35,36)(H,28,29,30,31). The number of pyridine rings is 2. The summed E-state index contributed by atoms with van der Waals surface area (Å²) in [6.45, 7) is 2.21. The van der Waals surface area contributed by atoms with Gasteiger partial charge < -0.3 is 24.8 Å². The Balaban J connectivity index is 1.29. The minimum absolute atomic E-state index is 0.281. The number of nitrogens with one attached hydrogen (secondary N) is 1. The maximum atomic E-state index is 11.1. The first-order chi connectivity index (χ1) is 17.6. The monoisotopic (exact) mass is 483 g/mol. The molecular weight excluding hydrogens is 458 g/mol. The molecule has 1 saturated heterocycles. The number of fused-ring (bicyclic) bond motifs is 3. The first-order valence-electron chi connectivity index (χ1n) is 12.1. The molecule has 0 radical (unpaired) electrons. The predicted octanol–water partition coefficient (Wildman–Crippen LogP) is 3.90. The van der Waals surface area contributed by atoms with E-state index in [1.54, 1.807) is 18.6 Å². The van der Waals surface area contributed by atoms with Gasteiger partial charge >= 0.3 is 6.09 Å². The molecule has 11 heteroatoms. The molecule has 2 aliphatic rings. The smallest absolute Gasteiger partial charge is 0.407 e. The van der Waals surface area contributed by atoms with Gasteiger partial charge in [-0.05, 0) is 31.0 Å². The van der Waals surface area contributed by atoms with Crippen LogP contribution in [0, 0.1) is 11.3 Å². The van der Waals surface area contributed by atoms with Crippen LogP contribution < -0.4 is 10.2 Å². The van der Waals surface area contributed by atoms with Gasteiger partial charge in [-0.25, -0.2) is 19.7 Å². The summed E-state index contributed by atoms with van der Waals surface area (Å²) in [6, 6.07) is 8.29. The van der Waals surface area contributed by atoms with E-state index in [4.69, 9.17) is 10.1 Å². The van der Waals surface area contributed by atoms with E-state index in [-0.39, 0.29) is 6.04 Å². The second-order valence-corrected chi connectivity index (χ2v) is 9.19. The predicted molar refractivity (Wildman–Crippen MR) is 134 cm³/mol. The lowest BCUT2D eigenvalue weighted by Gasteiger charge is -2.34. The van der Waals surface area contributed by atoms with Crippen LogP contribution in [0.5, 0.6) is 0 Å². The average Bonchev–Trinajstić information content (AvgIpc) is 3.55. The number of hydrogen-bond acceptors (Lipinski definition) is 8. The van der Waals surface area contributed by atoms with Crippen LogP contribution in [0.1, 0.15) is 37.4 Å². The Morgan fingerprint density at radius 3 is 2.53 bits per heavy atom. The van der Waals surface area contributed by atoms with Crippen LogP contribution in [0.2, 0.25) is 0 Å². The Morgan fingerprint density at radius 1 is 1.03 bits per heavy atom. The van der Waals surface area contributed by atoms with Crippen LogP contribution in [0.25, 0.3) is 21.9 Å². The van der Waals surface area contributed by atoms with Gasteiger partial charge in [-0.1, -0.05) is 12.8 Å². The molecule has 11 nitrogen and oxygen atoms in total. The Hall–Kier alpha value is -4.46. The molecule has 0 spiro atoms. The maximum absolute atomic E-state index is 11.1. The SMILES string of the molecule is N#Cc1nccc2c3cnc(Nc4ccc(N5CCN(C(=O)O)CC5)cn4)nc3n(C3CCCC3)c12. The summed E-state index contributed by atoms with van der Waals surface area (Å²) in [5.74, 6) is 1.05. The number of nitriles is 1. The highest BCUT2D eigenvalue weighted by molar-refractivity contribution is 6.08. The zero-order valence-electron chi connectivity index (χ0n) is 19.6. The molecule has 4 aromatic rings. The molecule has 6 rings (SSSR count). The first kappa shape index (κ1) is 22.0. The first-order valence-corrected chi connectivity index (χ1v) is 12.1. The van der Waals surface area contributed by atoms with Gasteiger partial charge in [-0.15, -0.1) is 0 Å². The molecule has 2 fully saturated rings. The molecule has 0 bridgehead atoms. The molecule has 1 amide bonds. The van der Waals surface area contributed by atoms with E-state index in [1.807, 2.05) is 18.2 Å². The van der Waals surface area contributed by atoms with E-state index in [9.17, 15) is 10.1 Å². The van der Waals surface area contributed by atoms with Crippen LogP contribution in [0.3, 0.4) is 0 Å². The van der Waals surface area contributed by atoms with Gasteiger partial charge in [0.25, 0.3) is 0 Å². The molecule has 1 aliphatic heterocycles. The summed E-state index contributed by atoms with van der Waals surface area (Å²) in [5.41, 5.74) is 2.99. The molecule has 0 aromatic carbocycles. The maximum Gasteiger partial charge on any atom is 0.407 e. The molecule has 1 aliphatic carbocycles. The summed E-state index contributed by atoms with van der Waals surface area (Å²) in [6.07, 6.45) is 8.78. The quantitative estimate of drug-likeness (QED) is 0.443. The van der Waals surface area contributed by atoms with Crippen molar-refractivity contribution in [2.45, 2.75) is 31.7 Å². The van der Waals surface area contributed by atoms with Crippen molar-refractivity contribution < 1.29 is 9.90 Å². The second-order valence-electron chi connectivity index (χ2n) is 9.19. The van der Waals surface area contributed by atoms with Crippen molar-refractivity contribution in [2.24, 2.45) is 0 Å². The minimum Gasteiger partial charge on any atom is -0.465 e. The summed E-state index contributed by atoms with van der Waals surface area (Å²) < 4.78 is 2.18. The number of carboxylic acid groups (broad SMARTS) is 1. The fourth-order valence-electron chi connectivity index (χ4n) is 5.35.